The maximum atomic E-state index is 12.4. The predicted octanol–water partition coefficient (Wildman–Crippen LogP) is 2.77. The molecule has 110 valence electrons. The fourth-order valence-electron chi connectivity index (χ4n) is 2.74. The Morgan fingerprint density at radius 3 is 2.40 bits per heavy atom. The predicted molar refractivity (Wildman–Crippen MR) is 82.6 cm³/mol. The van der Waals surface area contributed by atoms with E-state index in [1.54, 1.807) is 0 Å². The van der Waals surface area contributed by atoms with Crippen molar-refractivity contribution in [2.24, 2.45) is 5.92 Å². The first-order valence-corrected chi connectivity index (χ1v) is 7.62. The summed E-state index contributed by atoms with van der Waals surface area (Å²) in [7, 11) is 1.92. The van der Waals surface area contributed by atoms with Crippen LogP contribution < -0.4 is 5.32 Å². The van der Waals surface area contributed by atoms with Crippen molar-refractivity contribution in [1.29, 1.82) is 0 Å². The van der Waals surface area contributed by atoms with Crippen molar-refractivity contribution in [2.45, 2.75) is 39.2 Å². The Morgan fingerprint density at radius 2 is 1.85 bits per heavy atom. The quantitative estimate of drug-likeness (QED) is 0.915. The van der Waals surface area contributed by atoms with Gasteiger partial charge in [0.05, 0.1) is 0 Å². The molecule has 3 heteroatoms. The van der Waals surface area contributed by atoms with Crippen LogP contribution in [0.3, 0.4) is 0 Å². The number of nitrogens with zero attached hydrogens (tertiary/aromatic N) is 1. The lowest BCUT2D eigenvalue weighted by molar-refractivity contribution is -0.135. The number of benzene rings is 1. The summed E-state index contributed by atoms with van der Waals surface area (Å²) in [6.07, 6.45) is 1.94. The van der Waals surface area contributed by atoms with Gasteiger partial charge in [0.25, 0.3) is 0 Å². The first-order valence-electron chi connectivity index (χ1n) is 7.62. The molecule has 0 spiro atoms. The average Bonchev–Trinajstić information content (AvgIpc) is 2.48. The normalized spacial score (nSPS) is 16.4. The van der Waals surface area contributed by atoms with E-state index in [4.69, 9.17) is 0 Å². The summed E-state index contributed by atoms with van der Waals surface area (Å²) in [5.41, 5.74) is 2.56. The molecule has 1 heterocycles. The first-order chi connectivity index (χ1) is 9.58. The topological polar surface area (TPSA) is 32.3 Å². The molecule has 1 aliphatic heterocycles. The zero-order valence-corrected chi connectivity index (χ0v) is 12.9. The third-order valence-electron chi connectivity index (χ3n) is 4.13. The minimum absolute atomic E-state index is 0.205. The number of nitrogens with one attached hydrogen (secondary N) is 1. The lowest BCUT2D eigenvalue weighted by Crippen LogP contribution is -2.38. The van der Waals surface area contributed by atoms with Gasteiger partial charge in [0.15, 0.2) is 0 Å². The number of hydrogen-bond donors (Lipinski definition) is 1. The van der Waals surface area contributed by atoms with Gasteiger partial charge < -0.3 is 10.2 Å². The smallest absolute Gasteiger partial charge is 0.225 e. The summed E-state index contributed by atoms with van der Waals surface area (Å²) in [6, 6.07) is 8.62. The highest BCUT2D eigenvalue weighted by molar-refractivity contribution is 5.78. The van der Waals surface area contributed by atoms with E-state index >= 15 is 0 Å². The van der Waals surface area contributed by atoms with E-state index in [2.05, 4.69) is 43.4 Å². The fourth-order valence-corrected chi connectivity index (χ4v) is 2.74. The van der Waals surface area contributed by atoms with Crippen LogP contribution in [-0.4, -0.2) is 30.9 Å². The molecule has 0 radical (unpaired) electrons. The number of rotatable bonds is 4. The van der Waals surface area contributed by atoms with Crippen LogP contribution in [0.4, 0.5) is 0 Å². The van der Waals surface area contributed by atoms with Crippen LogP contribution in [-0.2, 0) is 11.3 Å². The number of carbonyl (C=O) groups is 1. The standard InChI is InChI=1S/C17H26N2O/c1-13(2)15-6-4-14(5-7-15)12-19(3)17(20)16-8-10-18-11-9-16/h4-7,13,16,18H,8-12H2,1-3H3. The van der Waals surface area contributed by atoms with Gasteiger partial charge in [0, 0.05) is 19.5 Å². The summed E-state index contributed by atoms with van der Waals surface area (Å²) in [6.45, 7) is 7.03. The van der Waals surface area contributed by atoms with Crippen molar-refractivity contribution in [3.8, 4) is 0 Å². The molecule has 1 fully saturated rings. The van der Waals surface area contributed by atoms with Gasteiger partial charge in [-0.25, -0.2) is 0 Å². The van der Waals surface area contributed by atoms with Crippen LogP contribution in [0.2, 0.25) is 0 Å². The minimum Gasteiger partial charge on any atom is -0.341 e. The molecule has 1 aromatic rings. The van der Waals surface area contributed by atoms with Gasteiger partial charge in [-0.2, -0.15) is 0 Å². The number of amides is 1. The van der Waals surface area contributed by atoms with E-state index in [-0.39, 0.29) is 5.92 Å². The Kier molecular flexibility index (Phi) is 5.18. The molecule has 0 bridgehead atoms. The Hall–Kier alpha value is -1.35. The van der Waals surface area contributed by atoms with Crippen molar-refractivity contribution in [2.75, 3.05) is 20.1 Å². The molecule has 1 saturated heterocycles. The Labute approximate surface area is 122 Å². The Morgan fingerprint density at radius 1 is 1.25 bits per heavy atom. The molecule has 1 aromatic carbocycles. The summed E-state index contributed by atoms with van der Waals surface area (Å²) >= 11 is 0. The minimum atomic E-state index is 0.205. The summed E-state index contributed by atoms with van der Waals surface area (Å²) < 4.78 is 0. The molecule has 1 aliphatic rings. The molecule has 2 rings (SSSR count). The van der Waals surface area contributed by atoms with E-state index in [1.165, 1.54) is 11.1 Å². The molecule has 1 N–H and O–H groups in total. The molecule has 1 amide bonds. The van der Waals surface area contributed by atoms with Crippen LogP contribution in [0, 0.1) is 5.92 Å². The zero-order valence-electron chi connectivity index (χ0n) is 12.9. The second kappa shape index (κ2) is 6.89. The second-order valence-electron chi connectivity index (χ2n) is 6.11. The molecule has 3 nitrogen and oxygen atoms in total. The Bertz CT molecular complexity index is 433. The summed E-state index contributed by atoms with van der Waals surface area (Å²) in [5.74, 6) is 1.05. The highest BCUT2D eigenvalue weighted by Gasteiger charge is 2.23. The first kappa shape index (κ1) is 15.0. The van der Waals surface area contributed by atoms with Crippen LogP contribution in [0.15, 0.2) is 24.3 Å². The van der Waals surface area contributed by atoms with Gasteiger partial charge in [0.2, 0.25) is 5.91 Å². The van der Waals surface area contributed by atoms with Crippen molar-refractivity contribution < 1.29 is 4.79 Å². The van der Waals surface area contributed by atoms with Crippen LogP contribution in [0.1, 0.15) is 43.7 Å². The molecule has 0 atom stereocenters. The lowest BCUT2D eigenvalue weighted by Gasteiger charge is -2.27. The van der Waals surface area contributed by atoms with Gasteiger partial charge in [-0.1, -0.05) is 38.1 Å². The van der Waals surface area contributed by atoms with E-state index in [0.717, 1.165) is 25.9 Å². The average molecular weight is 274 g/mol. The zero-order chi connectivity index (χ0) is 14.5. The lowest BCUT2D eigenvalue weighted by atomic mass is 9.96. The maximum Gasteiger partial charge on any atom is 0.225 e. The molecular weight excluding hydrogens is 248 g/mol. The molecule has 20 heavy (non-hydrogen) atoms. The van der Waals surface area contributed by atoms with E-state index < -0.39 is 0 Å². The van der Waals surface area contributed by atoms with Gasteiger partial charge in [-0.05, 0) is 43.0 Å². The van der Waals surface area contributed by atoms with Gasteiger partial charge in [-0.15, -0.1) is 0 Å². The number of piperidine rings is 1. The van der Waals surface area contributed by atoms with Crippen molar-refractivity contribution in [3.63, 3.8) is 0 Å². The van der Waals surface area contributed by atoms with Crippen molar-refractivity contribution in [1.82, 2.24) is 10.2 Å². The maximum absolute atomic E-state index is 12.4. The SMILES string of the molecule is CC(C)c1ccc(CN(C)C(=O)C2CCNCC2)cc1. The monoisotopic (exact) mass is 274 g/mol. The summed E-state index contributed by atoms with van der Waals surface area (Å²) in [5, 5.41) is 3.30. The van der Waals surface area contributed by atoms with Crippen LogP contribution in [0.5, 0.6) is 0 Å². The van der Waals surface area contributed by atoms with Gasteiger partial charge in [0.1, 0.15) is 0 Å². The Balaban J connectivity index is 1.92. The highest BCUT2D eigenvalue weighted by atomic mass is 16.2. The highest BCUT2D eigenvalue weighted by Crippen LogP contribution is 2.18. The fraction of sp³-hybridized carbons (Fsp3) is 0.588. The summed E-state index contributed by atoms with van der Waals surface area (Å²) in [4.78, 5) is 14.3. The largest absolute Gasteiger partial charge is 0.341 e. The molecule has 0 aliphatic carbocycles. The number of hydrogen-bond acceptors (Lipinski definition) is 2. The third kappa shape index (κ3) is 3.83. The van der Waals surface area contributed by atoms with Crippen LogP contribution >= 0.6 is 0 Å². The van der Waals surface area contributed by atoms with Crippen molar-refractivity contribution in [3.05, 3.63) is 35.4 Å². The van der Waals surface area contributed by atoms with Crippen LogP contribution in [0.25, 0.3) is 0 Å². The molecular formula is C17H26N2O. The molecule has 0 saturated carbocycles. The van der Waals surface area contributed by atoms with Gasteiger partial charge in [-0.3, -0.25) is 4.79 Å². The van der Waals surface area contributed by atoms with E-state index in [9.17, 15) is 4.79 Å². The molecule has 0 unspecified atom stereocenters. The molecule has 0 aromatic heterocycles. The van der Waals surface area contributed by atoms with E-state index in [1.807, 2.05) is 11.9 Å². The van der Waals surface area contributed by atoms with Gasteiger partial charge >= 0.3 is 0 Å². The third-order valence-corrected chi connectivity index (χ3v) is 4.13. The second-order valence-corrected chi connectivity index (χ2v) is 6.11. The van der Waals surface area contributed by atoms with E-state index in [0.29, 0.717) is 18.4 Å². The van der Waals surface area contributed by atoms with Crippen molar-refractivity contribution >= 4 is 5.91 Å². The number of carbonyl (C=O) groups excluding carboxylic acids is 1.